The molecule has 0 radical (unpaired) electrons. The van der Waals surface area contributed by atoms with Gasteiger partial charge in [-0.2, -0.15) is 5.10 Å². The van der Waals surface area contributed by atoms with Gasteiger partial charge in [-0.1, -0.05) is 41.9 Å². The van der Waals surface area contributed by atoms with Crippen LogP contribution in [0, 0.1) is 12.7 Å². The summed E-state index contributed by atoms with van der Waals surface area (Å²) in [6.07, 6.45) is 1.59. The van der Waals surface area contributed by atoms with E-state index in [1.54, 1.807) is 12.3 Å². The molecular weight excluding hydrogens is 379 g/mol. The van der Waals surface area contributed by atoms with Crippen molar-refractivity contribution in [1.82, 2.24) is 15.2 Å². The van der Waals surface area contributed by atoms with Crippen molar-refractivity contribution in [2.45, 2.75) is 13.0 Å². The topological polar surface area (TPSA) is 73.8 Å². The molecule has 0 aliphatic rings. The molecule has 0 bridgehead atoms. The Hall–Kier alpha value is -2.96. The predicted octanol–water partition coefficient (Wildman–Crippen LogP) is 4.87. The first-order chi connectivity index (χ1) is 13.6. The number of aromatic nitrogens is 3. The largest absolute Gasteiger partial charge is 0.394 e. The number of H-pyrrole nitrogens is 1. The maximum Gasteiger partial charge on any atom is 0.149 e. The van der Waals surface area contributed by atoms with E-state index < -0.39 is 5.82 Å². The van der Waals surface area contributed by atoms with Crippen LogP contribution in [-0.2, 0) is 0 Å². The van der Waals surface area contributed by atoms with Gasteiger partial charge < -0.3 is 10.4 Å². The van der Waals surface area contributed by atoms with Crippen LogP contribution in [0.5, 0.6) is 0 Å². The lowest BCUT2D eigenvalue weighted by Gasteiger charge is -2.18. The zero-order chi connectivity index (χ0) is 19.7. The number of nitrogens with one attached hydrogen (secondary N) is 2. The second-order valence-corrected chi connectivity index (χ2v) is 6.90. The Morgan fingerprint density at radius 1 is 1.21 bits per heavy atom. The maximum absolute atomic E-state index is 14.5. The van der Waals surface area contributed by atoms with Gasteiger partial charge in [-0.05, 0) is 36.2 Å². The van der Waals surface area contributed by atoms with Crippen molar-refractivity contribution < 1.29 is 9.50 Å². The molecule has 0 fully saturated rings. The lowest BCUT2D eigenvalue weighted by Crippen LogP contribution is -2.14. The summed E-state index contributed by atoms with van der Waals surface area (Å²) in [7, 11) is 0. The predicted molar refractivity (Wildman–Crippen MR) is 109 cm³/mol. The molecule has 1 atom stereocenters. The highest BCUT2D eigenvalue weighted by atomic mass is 35.5. The number of aliphatic hydroxyl groups is 1. The van der Waals surface area contributed by atoms with Gasteiger partial charge in [-0.15, -0.1) is 0 Å². The van der Waals surface area contributed by atoms with Crippen molar-refractivity contribution in [1.29, 1.82) is 0 Å². The fraction of sp³-hybridized carbons (Fsp3) is 0.143. The van der Waals surface area contributed by atoms with Crippen LogP contribution in [-0.4, -0.2) is 26.9 Å². The summed E-state index contributed by atoms with van der Waals surface area (Å²) < 4.78 is 14.5. The molecule has 1 unspecified atom stereocenters. The number of hydrogen-bond acceptors (Lipinski definition) is 4. The highest BCUT2D eigenvalue weighted by Gasteiger charge is 2.15. The molecule has 0 saturated heterocycles. The number of aliphatic hydroxyl groups excluding tert-OH is 1. The summed E-state index contributed by atoms with van der Waals surface area (Å²) in [6.45, 7) is 1.72. The summed E-state index contributed by atoms with van der Waals surface area (Å²) in [5.74, 6) is -0.403. The normalized spacial score (nSPS) is 12.3. The molecule has 0 aliphatic carbocycles. The molecule has 28 heavy (non-hydrogen) atoms. The molecule has 5 nitrogen and oxygen atoms in total. The van der Waals surface area contributed by atoms with Crippen LogP contribution in [0.1, 0.15) is 17.3 Å². The average molecular weight is 397 g/mol. The summed E-state index contributed by atoms with van der Waals surface area (Å²) in [4.78, 5) is 4.23. The number of fused-ring (bicyclic) bond motifs is 1. The average Bonchev–Trinajstić information content (AvgIpc) is 3.09. The third-order valence-electron chi connectivity index (χ3n) is 4.69. The number of nitrogens with zero attached hydrogens (tertiary/aromatic N) is 2. The Morgan fingerprint density at radius 2 is 2.00 bits per heavy atom. The van der Waals surface area contributed by atoms with Crippen LogP contribution >= 0.6 is 11.6 Å². The lowest BCUT2D eigenvalue weighted by molar-refractivity contribution is 0.276. The van der Waals surface area contributed by atoms with E-state index in [-0.39, 0.29) is 17.8 Å². The molecule has 142 valence electrons. The number of anilines is 1. The van der Waals surface area contributed by atoms with Gasteiger partial charge in [0.05, 0.1) is 30.2 Å². The Labute approximate surface area is 166 Å². The standard InChI is InChI=1S/C21H18ClFN4O/c1-12-16-7-14(8-18(23)20(16)27-26-12)17-9-15(10-24-21(17)22)25-19(11-28)13-5-3-2-4-6-13/h2-10,19,25,28H,11H2,1H3,(H,26,27). The van der Waals surface area contributed by atoms with E-state index in [2.05, 4.69) is 20.5 Å². The van der Waals surface area contributed by atoms with E-state index in [4.69, 9.17) is 11.6 Å². The van der Waals surface area contributed by atoms with Crippen molar-refractivity contribution in [3.05, 3.63) is 77.0 Å². The number of halogens is 2. The van der Waals surface area contributed by atoms with Crippen molar-refractivity contribution in [2.75, 3.05) is 11.9 Å². The fourth-order valence-electron chi connectivity index (χ4n) is 3.21. The van der Waals surface area contributed by atoms with E-state index in [0.717, 1.165) is 5.56 Å². The van der Waals surface area contributed by atoms with Gasteiger partial charge in [-0.25, -0.2) is 9.37 Å². The van der Waals surface area contributed by atoms with Crippen molar-refractivity contribution in [3.8, 4) is 11.1 Å². The van der Waals surface area contributed by atoms with Crippen LogP contribution in [0.3, 0.4) is 0 Å². The molecule has 0 saturated carbocycles. The van der Waals surface area contributed by atoms with Crippen molar-refractivity contribution in [2.24, 2.45) is 0 Å². The third-order valence-corrected chi connectivity index (χ3v) is 4.99. The first-order valence-electron chi connectivity index (χ1n) is 8.79. The molecule has 2 aromatic heterocycles. The minimum atomic E-state index is -0.403. The number of benzene rings is 2. The van der Waals surface area contributed by atoms with Crippen LogP contribution in [0.15, 0.2) is 54.7 Å². The van der Waals surface area contributed by atoms with Gasteiger partial charge in [-0.3, -0.25) is 5.10 Å². The molecule has 3 N–H and O–H groups in total. The van der Waals surface area contributed by atoms with Crippen LogP contribution in [0.4, 0.5) is 10.1 Å². The van der Waals surface area contributed by atoms with E-state index in [9.17, 15) is 9.50 Å². The van der Waals surface area contributed by atoms with E-state index in [0.29, 0.717) is 33.4 Å². The number of aromatic amines is 1. The molecule has 0 amide bonds. The zero-order valence-electron chi connectivity index (χ0n) is 15.1. The minimum absolute atomic E-state index is 0.0865. The lowest BCUT2D eigenvalue weighted by atomic mass is 10.0. The quantitative estimate of drug-likeness (QED) is 0.421. The SMILES string of the molecule is Cc1n[nH]c2c(F)cc(-c3cc(NC(CO)c4ccccc4)cnc3Cl)cc12. The van der Waals surface area contributed by atoms with E-state index >= 15 is 0 Å². The van der Waals surface area contributed by atoms with Crippen molar-refractivity contribution in [3.63, 3.8) is 0 Å². The van der Waals surface area contributed by atoms with Crippen LogP contribution < -0.4 is 5.32 Å². The van der Waals surface area contributed by atoms with Gasteiger partial charge in [0, 0.05) is 10.9 Å². The highest BCUT2D eigenvalue weighted by Crippen LogP contribution is 2.33. The summed E-state index contributed by atoms with van der Waals surface area (Å²) in [5.41, 5.74) is 3.89. The Kier molecular flexibility index (Phi) is 4.98. The zero-order valence-corrected chi connectivity index (χ0v) is 15.8. The molecular formula is C21H18ClFN4O. The smallest absolute Gasteiger partial charge is 0.149 e. The number of rotatable bonds is 5. The third kappa shape index (κ3) is 3.44. The van der Waals surface area contributed by atoms with Crippen molar-refractivity contribution >= 4 is 28.2 Å². The second-order valence-electron chi connectivity index (χ2n) is 6.54. The first kappa shape index (κ1) is 18.4. The molecule has 0 spiro atoms. The highest BCUT2D eigenvalue weighted by molar-refractivity contribution is 6.32. The van der Waals surface area contributed by atoms with E-state index in [1.807, 2.05) is 43.3 Å². The number of hydrogen-bond donors (Lipinski definition) is 3. The maximum atomic E-state index is 14.5. The Bertz CT molecular complexity index is 1130. The fourth-order valence-corrected chi connectivity index (χ4v) is 3.42. The van der Waals surface area contributed by atoms with E-state index in [1.165, 1.54) is 6.07 Å². The molecule has 4 rings (SSSR count). The Morgan fingerprint density at radius 3 is 2.75 bits per heavy atom. The van der Waals surface area contributed by atoms with Gasteiger partial charge in [0.1, 0.15) is 16.5 Å². The molecule has 2 heterocycles. The molecule has 7 heteroatoms. The van der Waals surface area contributed by atoms with Gasteiger partial charge in [0.2, 0.25) is 0 Å². The summed E-state index contributed by atoms with van der Waals surface area (Å²) >= 11 is 6.30. The number of pyridine rings is 1. The molecule has 2 aromatic carbocycles. The van der Waals surface area contributed by atoms with Gasteiger partial charge in [0.25, 0.3) is 0 Å². The Balaban J connectivity index is 1.72. The van der Waals surface area contributed by atoms with Gasteiger partial charge in [0.15, 0.2) is 0 Å². The second kappa shape index (κ2) is 7.58. The van der Waals surface area contributed by atoms with Crippen LogP contribution in [0.25, 0.3) is 22.0 Å². The summed E-state index contributed by atoms with van der Waals surface area (Å²) in [5, 5.41) is 20.8. The minimum Gasteiger partial charge on any atom is -0.394 e. The summed E-state index contributed by atoms with van der Waals surface area (Å²) in [6, 6.07) is 14.4. The molecule has 4 aromatic rings. The van der Waals surface area contributed by atoms with Gasteiger partial charge >= 0.3 is 0 Å². The van der Waals surface area contributed by atoms with Crippen LogP contribution in [0.2, 0.25) is 5.15 Å². The molecule has 0 aliphatic heterocycles. The first-order valence-corrected chi connectivity index (χ1v) is 9.17. The monoisotopic (exact) mass is 396 g/mol. The number of aryl methyl sites for hydroxylation is 1.